The van der Waals surface area contributed by atoms with Crippen molar-refractivity contribution in [1.29, 1.82) is 0 Å². The maximum Gasteiger partial charge on any atom is 0.0644 e. The molecule has 0 spiro atoms. The van der Waals surface area contributed by atoms with Gasteiger partial charge in [-0.25, -0.2) is 0 Å². The van der Waals surface area contributed by atoms with Gasteiger partial charge in [0.1, 0.15) is 0 Å². The van der Waals surface area contributed by atoms with Gasteiger partial charge in [0, 0.05) is 24.3 Å². The minimum Gasteiger partial charge on any atom is -0.310 e. The van der Waals surface area contributed by atoms with Gasteiger partial charge in [0.15, 0.2) is 0 Å². The van der Waals surface area contributed by atoms with E-state index < -0.39 is 0 Å². The highest BCUT2D eigenvalue weighted by Gasteiger charge is 2.19. The van der Waals surface area contributed by atoms with E-state index >= 15 is 0 Å². The molecule has 0 aliphatic carbocycles. The van der Waals surface area contributed by atoms with E-state index in [0.29, 0.717) is 6.04 Å². The van der Waals surface area contributed by atoms with Crippen molar-refractivity contribution in [3.63, 3.8) is 0 Å². The molecule has 19 heavy (non-hydrogen) atoms. The first-order chi connectivity index (χ1) is 9.13. The van der Waals surface area contributed by atoms with Crippen LogP contribution in [-0.2, 0) is 13.5 Å². The van der Waals surface area contributed by atoms with Crippen LogP contribution < -0.4 is 5.32 Å². The van der Waals surface area contributed by atoms with E-state index in [1.54, 1.807) is 11.3 Å². The molecule has 0 bridgehead atoms. The second-order valence-corrected chi connectivity index (χ2v) is 5.77. The second kappa shape index (κ2) is 6.35. The normalized spacial score (nSPS) is 12.8. The number of aromatic nitrogens is 2. The highest BCUT2D eigenvalue weighted by molar-refractivity contribution is 7.07. The van der Waals surface area contributed by atoms with Gasteiger partial charge in [0.2, 0.25) is 0 Å². The zero-order valence-corrected chi connectivity index (χ0v) is 13.0. The first-order valence-electron chi connectivity index (χ1n) is 6.88. The van der Waals surface area contributed by atoms with Crippen molar-refractivity contribution in [2.24, 2.45) is 7.05 Å². The predicted octanol–water partition coefficient (Wildman–Crippen LogP) is 3.38. The van der Waals surface area contributed by atoms with Gasteiger partial charge in [-0.05, 0) is 55.6 Å². The van der Waals surface area contributed by atoms with E-state index in [0.717, 1.165) is 25.1 Å². The summed E-state index contributed by atoms with van der Waals surface area (Å²) in [6.45, 7) is 7.42. The number of thiophene rings is 1. The van der Waals surface area contributed by atoms with Gasteiger partial charge in [-0.2, -0.15) is 16.4 Å². The summed E-state index contributed by atoms with van der Waals surface area (Å²) in [4.78, 5) is 0. The van der Waals surface area contributed by atoms with Crippen molar-refractivity contribution < 1.29 is 0 Å². The molecule has 0 aliphatic rings. The summed E-state index contributed by atoms with van der Waals surface area (Å²) >= 11 is 1.77. The lowest BCUT2D eigenvalue weighted by molar-refractivity contribution is 0.511. The third-order valence-electron chi connectivity index (χ3n) is 3.67. The monoisotopic (exact) mass is 277 g/mol. The largest absolute Gasteiger partial charge is 0.310 e. The maximum atomic E-state index is 4.54. The zero-order valence-electron chi connectivity index (χ0n) is 12.2. The topological polar surface area (TPSA) is 29.9 Å². The molecule has 1 N–H and O–H groups in total. The summed E-state index contributed by atoms with van der Waals surface area (Å²) in [6.07, 6.45) is 2.24. The van der Waals surface area contributed by atoms with E-state index in [1.165, 1.54) is 16.8 Å². The van der Waals surface area contributed by atoms with E-state index in [-0.39, 0.29) is 0 Å². The highest BCUT2D eigenvalue weighted by Crippen LogP contribution is 2.25. The number of hydrogen-bond acceptors (Lipinski definition) is 3. The maximum absolute atomic E-state index is 4.54. The number of nitrogens with one attached hydrogen (secondary N) is 1. The van der Waals surface area contributed by atoms with E-state index in [4.69, 9.17) is 0 Å². The lowest BCUT2D eigenvalue weighted by Gasteiger charge is -2.18. The van der Waals surface area contributed by atoms with Gasteiger partial charge in [0.05, 0.1) is 5.69 Å². The lowest BCUT2D eigenvalue weighted by atomic mass is 9.98. The molecule has 2 aromatic heterocycles. The molecule has 4 heteroatoms. The zero-order chi connectivity index (χ0) is 13.8. The highest BCUT2D eigenvalue weighted by atomic mass is 32.1. The molecule has 2 aromatic rings. The minimum atomic E-state index is 0.401. The molecule has 2 rings (SSSR count). The molecule has 0 fully saturated rings. The standard InChI is InChI=1S/C15H23N3S/c1-5-16-14(7-6-13-8-9-19-10-13)15-11(2)17-18(4)12(15)3/h8-10,14,16H,5-7H2,1-4H3. The summed E-state index contributed by atoms with van der Waals surface area (Å²) in [5.74, 6) is 0. The second-order valence-electron chi connectivity index (χ2n) is 4.99. The van der Waals surface area contributed by atoms with Gasteiger partial charge in [-0.3, -0.25) is 4.68 Å². The Hall–Kier alpha value is -1.13. The first-order valence-corrected chi connectivity index (χ1v) is 7.82. The van der Waals surface area contributed by atoms with Crippen LogP contribution in [0.15, 0.2) is 16.8 Å². The smallest absolute Gasteiger partial charge is 0.0644 e. The SMILES string of the molecule is CCNC(CCc1ccsc1)c1c(C)nn(C)c1C. The van der Waals surface area contributed by atoms with Crippen molar-refractivity contribution in [1.82, 2.24) is 15.1 Å². The number of nitrogens with zero attached hydrogens (tertiary/aromatic N) is 2. The Morgan fingerprint density at radius 1 is 1.42 bits per heavy atom. The van der Waals surface area contributed by atoms with Gasteiger partial charge < -0.3 is 5.32 Å². The Bertz CT molecular complexity index is 514. The number of rotatable bonds is 6. The fourth-order valence-electron chi connectivity index (χ4n) is 2.64. The molecule has 1 atom stereocenters. The summed E-state index contributed by atoms with van der Waals surface area (Å²) in [5.41, 5.74) is 5.23. The van der Waals surface area contributed by atoms with Gasteiger partial charge >= 0.3 is 0 Å². The molecule has 2 heterocycles. The Balaban J connectivity index is 2.14. The van der Waals surface area contributed by atoms with Crippen LogP contribution in [0.4, 0.5) is 0 Å². The van der Waals surface area contributed by atoms with Crippen molar-refractivity contribution in [3.8, 4) is 0 Å². The van der Waals surface area contributed by atoms with Crippen molar-refractivity contribution >= 4 is 11.3 Å². The third-order valence-corrected chi connectivity index (χ3v) is 4.40. The molecule has 0 amide bonds. The van der Waals surface area contributed by atoms with Crippen LogP contribution in [0.1, 0.15) is 41.9 Å². The van der Waals surface area contributed by atoms with Gasteiger partial charge in [-0.1, -0.05) is 6.92 Å². The Kier molecular flexibility index (Phi) is 4.77. The van der Waals surface area contributed by atoms with Crippen LogP contribution in [0.25, 0.3) is 0 Å². The Labute approximate surface area is 119 Å². The lowest BCUT2D eigenvalue weighted by Crippen LogP contribution is -2.22. The first kappa shape index (κ1) is 14.3. The van der Waals surface area contributed by atoms with Crippen LogP contribution in [0.5, 0.6) is 0 Å². The molecule has 1 unspecified atom stereocenters. The minimum absolute atomic E-state index is 0.401. The number of aryl methyl sites for hydroxylation is 3. The van der Waals surface area contributed by atoms with E-state index in [2.05, 4.69) is 48.0 Å². The van der Waals surface area contributed by atoms with Crippen LogP contribution in [-0.4, -0.2) is 16.3 Å². The Morgan fingerprint density at radius 3 is 2.74 bits per heavy atom. The van der Waals surface area contributed by atoms with Gasteiger partial charge in [0.25, 0.3) is 0 Å². The van der Waals surface area contributed by atoms with Crippen LogP contribution >= 0.6 is 11.3 Å². The molecule has 104 valence electrons. The van der Waals surface area contributed by atoms with E-state index in [1.807, 2.05) is 11.7 Å². The predicted molar refractivity (Wildman–Crippen MR) is 81.7 cm³/mol. The van der Waals surface area contributed by atoms with E-state index in [9.17, 15) is 0 Å². The molecule has 0 saturated heterocycles. The molecule has 0 aromatic carbocycles. The van der Waals surface area contributed by atoms with Crippen LogP contribution in [0.3, 0.4) is 0 Å². The van der Waals surface area contributed by atoms with Crippen molar-refractivity contribution in [2.75, 3.05) is 6.54 Å². The van der Waals surface area contributed by atoms with Crippen LogP contribution in [0.2, 0.25) is 0 Å². The van der Waals surface area contributed by atoms with Gasteiger partial charge in [-0.15, -0.1) is 0 Å². The summed E-state index contributed by atoms with van der Waals surface area (Å²) in [6, 6.07) is 2.62. The molecular formula is C15H23N3S. The fourth-order valence-corrected chi connectivity index (χ4v) is 3.34. The molecular weight excluding hydrogens is 254 g/mol. The van der Waals surface area contributed by atoms with Crippen molar-refractivity contribution in [2.45, 2.75) is 39.7 Å². The Morgan fingerprint density at radius 2 is 2.21 bits per heavy atom. The average molecular weight is 277 g/mol. The molecule has 0 radical (unpaired) electrons. The number of hydrogen-bond donors (Lipinski definition) is 1. The average Bonchev–Trinajstić information content (AvgIpc) is 2.96. The summed E-state index contributed by atoms with van der Waals surface area (Å²) in [5, 5.41) is 12.5. The fraction of sp³-hybridized carbons (Fsp3) is 0.533. The summed E-state index contributed by atoms with van der Waals surface area (Å²) in [7, 11) is 2.02. The molecule has 3 nitrogen and oxygen atoms in total. The third kappa shape index (κ3) is 3.25. The summed E-state index contributed by atoms with van der Waals surface area (Å²) < 4.78 is 1.99. The van der Waals surface area contributed by atoms with Crippen molar-refractivity contribution in [3.05, 3.63) is 39.3 Å². The molecule has 0 saturated carbocycles. The quantitative estimate of drug-likeness (QED) is 0.877. The molecule has 0 aliphatic heterocycles. The van der Waals surface area contributed by atoms with Crippen LogP contribution in [0, 0.1) is 13.8 Å².